The SMILES string of the molecule is Cc1cnccc1NS(=O)(=O)c1cc(C)c(C)c(N)c1. The first kappa shape index (κ1) is 14.3. The maximum absolute atomic E-state index is 12.4. The number of benzene rings is 1. The Morgan fingerprint density at radius 3 is 2.45 bits per heavy atom. The van der Waals surface area contributed by atoms with Gasteiger partial charge in [0, 0.05) is 18.1 Å². The third kappa shape index (κ3) is 2.75. The van der Waals surface area contributed by atoms with Gasteiger partial charge in [0.25, 0.3) is 10.0 Å². The van der Waals surface area contributed by atoms with Crippen molar-refractivity contribution in [3.8, 4) is 0 Å². The fourth-order valence-electron chi connectivity index (χ4n) is 1.80. The van der Waals surface area contributed by atoms with E-state index in [4.69, 9.17) is 5.73 Å². The van der Waals surface area contributed by atoms with E-state index >= 15 is 0 Å². The Morgan fingerprint density at radius 2 is 1.85 bits per heavy atom. The molecule has 2 rings (SSSR count). The van der Waals surface area contributed by atoms with Crippen molar-refractivity contribution in [3.05, 3.63) is 47.3 Å². The number of nitrogens with zero attached hydrogens (tertiary/aromatic N) is 1. The molecule has 0 aliphatic carbocycles. The molecule has 0 spiro atoms. The average molecular weight is 291 g/mol. The molecule has 6 heteroatoms. The van der Waals surface area contributed by atoms with Crippen LogP contribution in [0.5, 0.6) is 0 Å². The molecule has 1 aromatic heterocycles. The summed E-state index contributed by atoms with van der Waals surface area (Å²) >= 11 is 0. The molecule has 0 radical (unpaired) electrons. The predicted molar refractivity (Wildman–Crippen MR) is 80.1 cm³/mol. The van der Waals surface area contributed by atoms with Gasteiger partial charge in [0.05, 0.1) is 10.6 Å². The quantitative estimate of drug-likeness (QED) is 0.850. The normalized spacial score (nSPS) is 11.3. The van der Waals surface area contributed by atoms with Crippen LogP contribution < -0.4 is 10.5 Å². The van der Waals surface area contributed by atoms with Crippen molar-refractivity contribution >= 4 is 21.4 Å². The first-order chi connectivity index (χ1) is 9.31. The van der Waals surface area contributed by atoms with Crippen LogP contribution >= 0.6 is 0 Å². The minimum atomic E-state index is -3.66. The summed E-state index contributed by atoms with van der Waals surface area (Å²) in [5.41, 5.74) is 9.31. The maximum Gasteiger partial charge on any atom is 0.261 e. The van der Waals surface area contributed by atoms with E-state index in [2.05, 4.69) is 9.71 Å². The van der Waals surface area contributed by atoms with E-state index in [9.17, 15) is 8.42 Å². The number of nitrogens with one attached hydrogen (secondary N) is 1. The monoisotopic (exact) mass is 291 g/mol. The van der Waals surface area contributed by atoms with E-state index in [0.29, 0.717) is 11.4 Å². The molecule has 2 aromatic rings. The van der Waals surface area contributed by atoms with Crippen molar-refractivity contribution in [3.63, 3.8) is 0 Å². The summed E-state index contributed by atoms with van der Waals surface area (Å²) in [4.78, 5) is 4.09. The molecule has 20 heavy (non-hydrogen) atoms. The number of pyridine rings is 1. The molecule has 1 heterocycles. The molecule has 0 unspecified atom stereocenters. The topological polar surface area (TPSA) is 85.1 Å². The highest BCUT2D eigenvalue weighted by atomic mass is 32.2. The van der Waals surface area contributed by atoms with E-state index in [1.54, 1.807) is 31.5 Å². The highest BCUT2D eigenvalue weighted by Crippen LogP contribution is 2.24. The summed E-state index contributed by atoms with van der Waals surface area (Å²) in [5.74, 6) is 0. The summed E-state index contributed by atoms with van der Waals surface area (Å²) in [5, 5.41) is 0. The molecule has 106 valence electrons. The number of anilines is 2. The molecule has 1 aromatic carbocycles. The van der Waals surface area contributed by atoms with Gasteiger partial charge in [-0.3, -0.25) is 9.71 Å². The summed E-state index contributed by atoms with van der Waals surface area (Å²) in [7, 11) is -3.66. The Kier molecular flexibility index (Phi) is 3.67. The summed E-state index contributed by atoms with van der Waals surface area (Å²) in [6.07, 6.45) is 3.15. The van der Waals surface area contributed by atoms with Gasteiger partial charge in [0.15, 0.2) is 0 Å². The van der Waals surface area contributed by atoms with Crippen molar-refractivity contribution in [2.24, 2.45) is 0 Å². The largest absolute Gasteiger partial charge is 0.398 e. The molecule has 0 bridgehead atoms. The lowest BCUT2D eigenvalue weighted by atomic mass is 10.1. The molecule has 0 saturated heterocycles. The van der Waals surface area contributed by atoms with Gasteiger partial charge < -0.3 is 5.73 Å². The van der Waals surface area contributed by atoms with Crippen LogP contribution in [0.3, 0.4) is 0 Å². The second kappa shape index (κ2) is 5.13. The van der Waals surface area contributed by atoms with Gasteiger partial charge in [-0.15, -0.1) is 0 Å². The third-order valence-corrected chi connectivity index (χ3v) is 4.60. The second-order valence-corrected chi connectivity index (χ2v) is 6.43. The first-order valence-electron chi connectivity index (χ1n) is 6.11. The molecule has 5 nitrogen and oxygen atoms in total. The minimum Gasteiger partial charge on any atom is -0.398 e. The number of hydrogen-bond acceptors (Lipinski definition) is 4. The molecule has 0 amide bonds. The van der Waals surface area contributed by atoms with Crippen LogP contribution in [-0.4, -0.2) is 13.4 Å². The lowest BCUT2D eigenvalue weighted by molar-refractivity contribution is 0.601. The van der Waals surface area contributed by atoms with Gasteiger partial charge in [-0.1, -0.05) is 0 Å². The third-order valence-electron chi connectivity index (χ3n) is 3.26. The van der Waals surface area contributed by atoms with Crippen molar-refractivity contribution < 1.29 is 8.42 Å². The predicted octanol–water partition coefficient (Wildman–Crippen LogP) is 2.39. The van der Waals surface area contributed by atoms with E-state index in [1.807, 2.05) is 13.8 Å². The Morgan fingerprint density at radius 1 is 1.15 bits per heavy atom. The Bertz CT molecular complexity index is 732. The maximum atomic E-state index is 12.4. The average Bonchev–Trinajstić information content (AvgIpc) is 2.38. The smallest absolute Gasteiger partial charge is 0.261 e. The fraction of sp³-hybridized carbons (Fsp3) is 0.214. The number of sulfonamides is 1. The first-order valence-corrected chi connectivity index (χ1v) is 7.60. The molecule has 3 N–H and O–H groups in total. The van der Waals surface area contributed by atoms with Crippen LogP contribution in [0.15, 0.2) is 35.5 Å². The minimum absolute atomic E-state index is 0.161. The highest BCUT2D eigenvalue weighted by molar-refractivity contribution is 7.92. The van der Waals surface area contributed by atoms with Gasteiger partial charge in [0.2, 0.25) is 0 Å². The number of aromatic nitrogens is 1. The zero-order valence-electron chi connectivity index (χ0n) is 11.6. The van der Waals surface area contributed by atoms with Crippen molar-refractivity contribution in [1.29, 1.82) is 0 Å². The van der Waals surface area contributed by atoms with E-state index in [-0.39, 0.29) is 4.90 Å². The number of aryl methyl sites for hydroxylation is 2. The molecule has 0 aliphatic heterocycles. The summed E-state index contributed by atoms with van der Waals surface area (Å²) in [6.45, 7) is 5.49. The van der Waals surface area contributed by atoms with Crippen LogP contribution in [-0.2, 0) is 10.0 Å². The summed E-state index contributed by atoms with van der Waals surface area (Å²) < 4.78 is 27.3. The Hall–Kier alpha value is -2.08. The van der Waals surface area contributed by atoms with Crippen LogP contribution in [0.25, 0.3) is 0 Å². The lowest BCUT2D eigenvalue weighted by Crippen LogP contribution is -2.14. The number of rotatable bonds is 3. The molecular formula is C14H17N3O2S. The summed E-state index contributed by atoms with van der Waals surface area (Å²) in [6, 6.07) is 4.71. The lowest BCUT2D eigenvalue weighted by Gasteiger charge is -2.12. The molecule has 0 atom stereocenters. The molecule has 0 aliphatic rings. The number of nitrogen functional groups attached to an aromatic ring is 1. The second-order valence-electron chi connectivity index (χ2n) is 4.75. The van der Waals surface area contributed by atoms with Gasteiger partial charge >= 0.3 is 0 Å². The van der Waals surface area contributed by atoms with Crippen LogP contribution in [0.4, 0.5) is 11.4 Å². The molecule has 0 saturated carbocycles. The van der Waals surface area contributed by atoms with Gasteiger partial charge in [-0.2, -0.15) is 0 Å². The van der Waals surface area contributed by atoms with Crippen molar-refractivity contribution in [2.75, 3.05) is 10.5 Å². The zero-order valence-corrected chi connectivity index (χ0v) is 12.5. The standard InChI is InChI=1S/C14H17N3O2S/c1-9-6-12(7-13(15)11(9)3)20(18,19)17-14-4-5-16-8-10(14)2/h4-8H,15H2,1-3H3,(H,16,17). The fourth-order valence-corrected chi connectivity index (χ4v) is 3.05. The Balaban J connectivity index is 2.44. The van der Waals surface area contributed by atoms with E-state index in [0.717, 1.165) is 16.7 Å². The highest BCUT2D eigenvalue weighted by Gasteiger charge is 2.17. The van der Waals surface area contributed by atoms with E-state index in [1.165, 1.54) is 6.07 Å². The zero-order chi connectivity index (χ0) is 14.9. The Labute approximate surface area is 118 Å². The van der Waals surface area contributed by atoms with Gasteiger partial charge in [0.1, 0.15) is 0 Å². The number of nitrogens with two attached hydrogens (primary N) is 1. The van der Waals surface area contributed by atoms with Crippen LogP contribution in [0, 0.1) is 20.8 Å². The van der Waals surface area contributed by atoms with Crippen molar-refractivity contribution in [1.82, 2.24) is 4.98 Å². The van der Waals surface area contributed by atoms with E-state index < -0.39 is 10.0 Å². The van der Waals surface area contributed by atoms with Crippen LogP contribution in [0.1, 0.15) is 16.7 Å². The molecule has 0 fully saturated rings. The number of hydrogen-bond donors (Lipinski definition) is 2. The van der Waals surface area contributed by atoms with Gasteiger partial charge in [-0.05, 0) is 55.7 Å². The molecular weight excluding hydrogens is 274 g/mol. The van der Waals surface area contributed by atoms with Crippen LogP contribution in [0.2, 0.25) is 0 Å². The van der Waals surface area contributed by atoms with Crippen molar-refractivity contribution in [2.45, 2.75) is 25.7 Å². The van der Waals surface area contributed by atoms with Gasteiger partial charge in [-0.25, -0.2) is 8.42 Å².